The lowest BCUT2D eigenvalue weighted by molar-refractivity contribution is 0.306. The van der Waals surface area contributed by atoms with Gasteiger partial charge in [-0.1, -0.05) is 29.8 Å². The first kappa shape index (κ1) is 15.7. The van der Waals surface area contributed by atoms with Gasteiger partial charge in [-0.05, 0) is 44.2 Å². The van der Waals surface area contributed by atoms with Crippen LogP contribution in [0.25, 0.3) is 0 Å². The van der Waals surface area contributed by atoms with Crippen molar-refractivity contribution in [3.05, 3.63) is 57.6 Å². The summed E-state index contributed by atoms with van der Waals surface area (Å²) in [5.74, 6) is 0.607. The SMILES string of the molecule is Cc1cccc(CN(C)Cc2cc(Cl)cc(C)c2O)c1O. The van der Waals surface area contributed by atoms with Crippen LogP contribution in [0.2, 0.25) is 5.02 Å². The molecule has 0 fully saturated rings. The number of aryl methyl sites for hydroxylation is 2. The molecule has 3 nitrogen and oxygen atoms in total. The summed E-state index contributed by atoms with van der Waals surface area (Å²) in [6, 6.07) is 9.23. The maximum Gasteiger partial charge on any atom is 0.123 e. The lowest BCUT2D eigenvalue weighted by Gasteiger charge is -2.19. The van der Waals surface area contributed by atoms with Gasteiger partial charge in [0.05, 0.1) is 0 Å². The third-order valence-electron chi connectivity index (χ3n) is 3.55. The maximum absolute atomic E-state index is 10.1. The van der Waals surface area contributed by atoms with Gasteiger partial charge in [0.15, 0.2) is 0 Å². The molecule has 0 aromatic heterocycles. The molecule has 0 amide bonds. The van der Waals surface area contributed by atoms with Crippen molar-refractivity contribution in [1.29, 1.82) is 0 Å². The Morgan fingerprint density at radius 1 is 0.952 bits per heavy atom. The Kier molecular flexibility index (Phi) is 4.76. The van der Waals surface area contributed by atoms with Crippen molar-refractivity contribution in [2.75, 3.05) is 7.05 Å². The fraction of sp³-hybridized carbons (Fsp3) is 0.294. The van der Waals surface area contributed by atoms with E-state index >= 15 is 0 Å². The molecular formula is C17H20ClNO2. The second-order valence-corrected chi connectivity index (χ2v) is 5.92. The van der Waals surface area contributed by atoms with E-state index in [2.05, 4.69) is 0 Å². The van der Waals surface area contributed by atoms with Crippen molar-refractivity contribution >= 4 is 11.6 Å². The zero-order chi connectivity index (χ0) is 15.6. The number of phenols is 2. The molecule has 0 atom stereocenters. The van der Waals surface area contributed by atoms with Gasteiger partial charge in [0.25, 0.3) is 0 Å². The average molecular weight is 306 g/mol. The largest absolute Gasteiger partial charge is 0.507 e. The van der Waals surface area contributed by atoms with Crippen LogP contribution in [0.4, 0.5) is 0 Å². The summed E-state index contributed by atoms with van der Waals surface area (Å²) in [6.07, 6.45) is 0. The number of phenolic OH excluding ortho intramolecular Hbond substituents is 2. The van der Waals surface area contributed by atoms with Crippen molar-refractivity contribution in [3.8, 4) is 11.5 Å². The monoisotopic (exact) mass is 305 g/mol. The van der Waals surface area contributed by atoms with Crippen molar-refractivity contribution in [2.45, 2.75) is 26.9 Å². The quantitative estimate of drug-likeness (QED) is 0.897. The van der Waals surface area contributed by atoms with Gasteiger partial charge in [0.1, 0.15) is 11.5 Å². The van der Waals surface area contributed by atoms with Crippen LogP contribution in [0, 0.1) is 13.8 Å². The number of aromatic hydroxyl groups is 2. The van der Waals surface area contributed by atoms with Crippen LogP contribution >= 0.6 is 11.6 Å². The first-order valence-corrected chi connectivity index (χ1v) is 7.20. The molecule has 112 valence electrons. The third kappa shape index (κ3) is 3.69. The fourth-order valence-electron chi connectivity index (χ4n) is 2.41. The summed E-state index contributed by atoms with van der Waals surface area (Å²) in [4.78, 5) is 2.03. The van der Waals surface area contributed by atoms with E-state index in [1.54, 1.807) is 12.1 Å². The zero-order valence-electron chi connectivity index (χ0n) is 12.5. The third-order valence-corrected chi connectivity index (χ3v) is 3.76. The van der Waals surface area contributed by atoms with Crippen LogP contribution in [0.15, 0.2) is 30.3 Å². The van der Waals surface area contributed by atoms with E-state index in [4.69, 9.17) is 11.6 Å². The highest BCUT2D eigenvalue weighted by Gasteiger charge is 2.11. The molecule has 0 aliphatic heterocycles. The molecule has 0 heterocycles. The molecular weight excluding hydrogens is 286 g/mol. The fourth-order valence-corrected chi connectivity index (χ4v) is 2.71. The van der Waals surface area contributed by atoms with Crippen LogP contribution < -0.4 is 0 Å². The first-order valence-electron chi connectivity index (χ1n) is 6.82. The molecule has 2 rings (SSSR count). The molecule has 0 aliphatic carbocycles. The number of rotatable bonds is 4. The van der Waals surface area contributed by atoms with Crippen LogP contribution in [-0.2, 0) is 13.1 Å². The minimum Gasteiger partial charge on any atom is -0.507 e. The van der Waals surface area contributed by atoms with Gasteiger partial charge >= 0.3 is 0 Å². The van der Waals surface area contributed by atoms with E-state index in [1.807, 2.05) is 44.0 Å². The Morgan fingerprint density at radius 3 is 2.29 bits per heavy atom. The predicted octanol–water partition coefficient (Wildman–Crippen LogP) is 4.00. The summed E-state index contributed by atoms with van der Waals surface area (Å²) >= 11 is 6.04. The molecule has 0 aliphatic rings. The van der Waals surface area contributed by atoms with Crippen LogP contribution in [0.3, 0.4) is 0 Å². The van der Waals surface area contributed by atoms with Gasteiger partial charge in [-0.2, -0.15) is 0 Å². The second-order valence-electron chi connectivity index (χ2n) is 5.49. The summed E-state index contributed by atoms with van der Waals surface area (Å²) in [5, 5.41) is 20.8. The first-order chi connectivity index (χ1) is 9.88. The summed E-state index contributed by atoms with van der Waals surface area (Å²) in [6.45, 7) is 4.86. The zero-order valence-corrected chi connectivity index (χ0v) is 13.3. The number of hydrogen-bond acceptors (Lipinski definition) is 3. The minimum atomic E-state index is 0.278. The Labute approximate surface area is 130 Å². The molecule has 0 spiro atoms. The van der Waals surface area contributed by atoms with E-state index in [0.29, 0.717) is 23.9 Å². The van der Waals surface area contributed by atoms with Gasteiger partial charge in [0, 0.05) is 29.2 Å². The number of benzene rings is 2. The van der Waals surface area contributed by atoms with Gasteiger partial charge in [-0.25, -0.2) is 0 Å². The lowest BCUT2D eigenvalue weighted by Crippen LogP contribution is -2.17. The van der Waals surface area contributed by atoms with E-state index in [1.165, 1.54) is 0 Å². The van der Waals surface area contributed by atoms with E-state index in [9.17, 15) is 10.2 Å². The standard InChI is InChI=1S/C17H20ClNO2/c1-11-5-4-6-13(16(11)20)9-19(3)10-14-8-15(18)7-12(2)17(14)21/h4-8,20-21H,9-10H2,1-3H3. The molecule has 0 unspecified atom stereocenters. The normalized spacial score (nSPS) is 11.1. The van der Waals surface area contributed by atoms with E-state index in [0.717, 1.165) is 22.3 Å². The van der Waals surface area contributed by atoms with Gasteiger partial charge in [-0.3, -0.25) is 4.90 Å². The molecule has 0 saturated heterocycles. The smallest absolute Gasteiger partial charge is 0.123 e. The second kappa shape index (κ2) is 6.37. The van der Waals surface area contributed by atoms with E-state index < -0.39 is 0 Å². The summed E-state index contributed by atoms with van der Waals surface area (Å²) < 4.78 is 0. The number of para-hydroxylation sites is 1. The Morgan fingerprint density at radius 2 is 1.57 bits per heavy atom. The van der Waals surface area contributed by atoms with E-state index in [-0.39, 0.29) is 5.75 Å². The Bertz CT molecular complexity index is 655. The summed E-state index contributed by atoms with van der Waals surface area (Å²) in [5.41, 5.74) is 3.29. The molecule has 0 saturated carbocycles. The van der Waals surface area contributed by atoms with Crippen molar-refractivity contribution in [2.24, 2.45) is 0 Å². The van der Waals surface area contributed by atoms with Gasteiger partial charge < -0.3 is 10.2 Å². The molecule has 2 aromatic carbocycles. The van der Waals surface area contributed by atoms with Crippen LogP contribution in [0.5, 0.6) is 11.5 Å². The van der Waals surface area contributed by atoms with Crippen molar-refractivity contribution < 1.29 is 10.2 Å². The highest BCUT2D eigenvalue weighted by atomic mass is 35.5. The average Bonchev–Trinajstić information content (AvgIpc) is 2.40. The molecule has 2 aromatic rings. The minimum absolute atomic E-state index is 0.278. The predicted molar refractivity (Wildman–Crippen MR) is 85.9 cm³/mol. The highest BCUT2D eigenvalue weighted by molar-refractivity contribution is 6.30. The topological polar surface area (TPSA) is 43.7 Å². The van der Waals surface area contributed by atoms with Crippen LogP contribution in [-0.4, -0.2) is 22.2 Å². The van der Waals surface area contributed by atoms with Gasteiger partial charge in [0.2, 0.25) is 0 Å². The molecule has 4 heteroatoms. The molecule has 21 heavy (non-hydrogen) atoms. The number of nitrogens with zero attached hydrogens (tertiary/aromatic N) is 1. The summed E-state index contributed by atoms with van der Waals surface area (Å²) in [7, 11) is 1.94. The number of hydrogen-bond donors (Lipinski definition) is 2. The van der Waals surface area contributed by atoms with Gasteiger partial charge in [-0.15, -0.1) is 0 Å². The van der Waals surface area contributed by atoms with Crippen molar-refractivity contribution in [3.63, 3.8) is 0 Å². The maximum atomic E-state index is 10.1. The number of halogens is 1. The lowest BCUT2D eigenvalue weighted by atomic mass is 10.1. The molecule has 0 bridgehead atoms. The Hall–Kier alpha value is -1.71. The van der Waals surface area contributed by atoms with Crippen molar-refractivity contribution in [1.82, 2.24) is 4.90 Å². The molecule has 0 radical (unpaired) electrons. The highest BCUT2D eigenvalue weighted by Crippen LogP contribution is 2.28. The Balaban J connectivity index is 2.15. The molecule has 2 N–H and O–H groups in total. The van der Waals surface area contributed by atoms with Crippen LogP contribution in [0.1, 0.15) is 22.3 Å².